The van der Waals surface area contributed by atoms with Crippen molar-refractivity contribution in [1.82, 2.24) is 5.32 Å². The largest absolute Gasteiger partial charge is 0.494 e. The Hall–Kier alpha value is -1.62. The van der Waals surface area contributed by atoms with Gasteiger partial charge in [0, 0.05) is 25.1 Å². The van der Waals surface area contributed by atoms with Gasteiger partial charge in [0.2, 0.25) is 5.91 Å². The SMILES string of the molecule is COc1cccc([C@H]2OCC[C@@]34C[C@@H](C[C@H]23)C(C)(C)[C@@H]4NC(C)=O)c1F. The van der Waals surface area contributed by atoms with Gasteiger partial charge in [0.05, 0.1) is 13.2 Å². The molecule has 1 aromatic rings. The van der Waals surface area contributed by atoms with Crippen LogP contribution in [-0.2, 0) is 9.53 Å². The summed E-state index contributed by atoms with van der Waals surface area (Å²) >= 11 is 0. The molecule has 5 atom stereocenters. The molecule has 1 amide bonds. The van der Waals surface area contributed by atoms with Crippen molar-refractivity contribution in [2.45, 2.75) is 52.2 Å². The highest BCUT2D eigenvalue weighted by Crippen LogP contribution is 2.70. The molecule has 5 heteroatoms. The van der Waals surface area contributed by atoms with Crippen LogP contribution in [0.3, 0.4) is 0 Å². The minimum absolute atomic E-state index is 0.0133. The maximum absolute atomic E-state index is 14.9. The zero-order chi connectivity index (χ0) is 18.7. The molecule has 2 saturated carbocycles. The van der Waals surface area contributed by atoms with E-state index in [2.05, 4.69) is 19.2 Å². The molecule has 1 saturated heterocycles. The van der Waals surface area contributed by atoms with Crippen LogP contribution >= 0.6 is 0 Å². The molecule has 0 radical (unpaired) electrons. The number of nitrogens with one attached hydrogen (secondary N) is 1. The van der Waals surface area contributed by atoms with Crippen molar-refractivity contribution in [2.24, 2.45) is 22.7 Å². The van der Waals surface area contributed by atoms with Crippen molar-refractivity contribution >= 4 is 5.91 Å². The Morgan fingerprint density at radius 2 is 2.15 bits per heavy atom. The molecule has 3 aliphatic rings. The number of methoxy groups -OCH3 is 1. The molecular weight excluding hydrogens is 333 g/mol. The van der Waals surface area contributed by atoms with E-state index in [1.807, 2.05) is 12.1 Å². The third kappa shape index (κ3) is 2.32. The summed E-state index contributed by atoms with van der Waals surface area (Å²) in [6.07, 6.45) is 2.74. The van der Waals surface area contributed by atoms with Gasteiger partial charge in [-0.3, -0.25) is 4.79 Å². The van der Waals surface area contributed by atoms with Gasteiger partial charge in [-0.25, -0.2) is 4.39 Å². The Labute approximate surface area is 154 Å². The van der Waals surface area contributed by atoms with E-state index >= 15 is 0 Å². The van der Waals surface area contributed by atoms with Crippen LogP contribution in [0, 0.1) is 28.5 Å². The number of carbonyl (C=O) groups excluding carboxylic acids is 1. The average Bonchev–Trinajstić information content (AvgIpc) is 3.08. The molecule has 1 heterocycles. The van der Waals surface area contributed by atoms with Gasteiger partial charge >= 0.3 is 0 Å². The lowest BCUT2D eigenvalue weighted by molar-refractivity contribution is -0.136. The van der Waals surface area contributed by atoms with Gasteiger partial charge < -0.3 is 14.8 Å². The number of benzene rings is 1. The lowest BCUT2D eigenvalue weighted by Crippen LogP contribution is -2.58. The second-order valence-electron chi connectivity index (χ2n) is 8.84. The molecule has 1 spiro atoms. The summed E-state index contributed by atoms with van der Waals surface area (Å²) in [5.41, 5.74) is 0.621. The predicted molar refractivity (Wildman–Crippen MR) is 96.3 cm³/mol. The highest BCUT2D eigenvalue weighted by atomic mass is 19.1. The second kappa shape index (κ2) is 5.95. The van der Waals surface area contributed by atoms with Crippen LogP contribution < -0.4 is 10.1 Å². The first-order valence-electron chi connectivity index (χ1n) is 9.52. The topological polar surface area (TPSA) is 47.6 Å². The van der Waals surface area contributed by atoms with Crippen LogP contribution in [-0.4, -0.2) is 25.7 Å². The third-order valence-corrected chi connectivity index (χ3v) is 7.37. The van der Waals surface area contributed by atoms with Gasteiger partial charge in [0.15, 0.2) is 11.6 Å². The fourth-order valence-corrected chi connectivity index (χ4v) is 6.20. The average molecular weight is 361 g/mol. The Morgan fingerprint density at radius 1 is 1.38 bits per heavy atom. The molecule has 26 heavy (non-hydrogen) atoms. The maximum Gasteiger partial charge on any atom is 0.217 e. The van der Waals surface area contributed by atoms with Gasteiger partial charge in [0.25, 0.3) is 0 Å². The molecule has 0 aromatic heterocycles. The van der Waals surface area contributed by atoms with Crippen molar-refractivity contribution < 1.29 is 18.7 Å². The lowest BCUT2D eigenvalue weighted by Gasteiger charge is -2.53. The minimum Gasteiger partial charge on any atom is -0.494 e. The normalized spacial score (nSPS) is 37.3. The molecule has 1 aromatic carbocycles. The smallest absolute Gasteiger partial charge is 0.217 e. The van der Waals surface area contributed by atoms with Gasteiger partial charge in [-0.1, -0.05) is 26.0 Å². The van der Waals surface area contributed by atoms with E-state index in [0.717, 1.165) is 19.3 Å². The van der Waals surface area contributed by atoms with Crippen LogP contribution in [0.2, 0.25) is 0 Å². The molecule has 4 nitrogen and oxygen atoms in total. The number of carbonyl (C=O) groups is 1. The molecule has 1 N–H and O–H groups in total. The zero-order valence-corrected chi connectivity index (χ0v) is 16.0. The zero-order valence-electron chi connectivity index (χ0n) is 16.0. The molecule has 1 aliphatic heterocycles. The van der Waals surface area contributed by atoms with Crippen LogP contribution in [0.15, 0.2) is 18.2 Å². The molecule has 2 bridgehead atoms. The summed E-state index contributed by atoms with van der Waals surface area (Å²) < 4.78 is 26.2. The van der Waals surface area contributed by atoms with Crippen LogP contribution in [0.5, 0.6) is 5.75 Å². The van der Waals surface area contributed by atoms with Crippen molar-refractivity contribution in [3.05, 3.63) is 29.6 Å². The van der Waals surface area contributed by atoms with Gasteiger partial charge in [0.1, 0.15) is 0 Å². The Kier molecular flexibility index (Phi) is 4.07. The number of halogens is 1. The molecule has 4 rings (SSSR count). The van der Waals surface area contributed by atoms with E-state index in [1.165, 1.54) is 7.11 Å². The van der Waals surface area contributed by atoms with E-state index in [0.29, 0.717) is 18.1 Å². The fourth-order valence-electron chi connectivity index (χ4n) is 6.20. The van der Waals surface area contributed by atoms with Gasteiger partial charge in [-0.2, -0.15) is 0 Å². The Balaban J connectivity index is 1.74. The molecule has 0 unspecified atom stereocenters. The number of fused-ring (bicyclic) bond motifs is 1. The van der Waals surface area contributed by atoms with Crippen molar-refractivity contribution in [3.8, 4) is 5.75 Å². The number of amides is 1. The molecule has 3 fully saturated rings. The quantitative estimate of drug-likeness (QED) is 0.889. The number of rotatable bonds is 3. The summed E-state index contributed by atoms with van der Waals surface area (Å²) in [6, 6.07) is 5.38. The summed E-state index contributed by atoms with van der Waals surface area (Å²) in [6.45, 7) is 6.71. The standard InChI is InChI=1S/C21H28FNO3/c1-12(24)23-19-20(2,3)13-10-15-18(26-9-8-21(15,19)11-13)14-6-5-7-16(25-4)17(14)22/h5-7,13,15,18-19H,8-11H2,1-4H3,(H,23,24)/t13-,15-,18-,19+,21-/m1/s1. The molecule has 142 valence electrons. The molecular formula is C21H28FNO3. The van der Waals surface area contributed by atoms with E-state index in [4.69, 9.17) is 9.47 Å². The first kappa shape index (κ1) is 17.8. The first-order chi connectivity index (χ1) is 12.3. The summed E-state index contributed by atoms with van der Waals surface area (Å²) in [4.78, 5) is 11.9. The number of hydrogen-bond acceptors (Lipinski definition) is 3. The van der Waals surface area contributed by atoms with E-state index in [9.17, 15) is 9.18 Å². The monoisotopic (exact) mass is 361 g/mol. The lowest BCUT2D eigenvalue weighted by atomic mass is 9.59. The third-order valence-electron chi connectivity index (χ3n) is 7.37. The summed E-state index contributed by atoms with van der Waals surface area (Å²) in [5.74, 6) is 0.678. The van der Waals surface area contributed by atoms with E-state index in [-0.39, 0.29) is 46.4 Å². The summed E-state index contributed by atoms with van der Waals surface area (Å²) in [5, 5.41) is 3.25. The number of hydrogen-bond donors (Lipinski definition) is 1. The van der Waals surface area contributed by atoms with Crippen molar-refractivity contribution in [2.75, 3.05) is 13.7 Å². The Bertz CT molecular complexity index is 734. The second-order valence-corrected chi connectivity index (χ2v) is 8.84. The van der Waals surface area contributed by atoms with Crippen LogP contribution in [0.1, 0.15) is 51.7 Å². The highest BCUT2D eigenvalue weighted by molar-refractivity contribution is 5.73. The van der Waals surface area contributed by atoms with Crippen LogP contribution in [0.4, 0.5) is 4.39 Å². The van der Waals surface area contributed by atoms with E-state index < -0.39 is 0 Å². The minimum atomic E-state index is -0.324. The first-order valence-corrected chi connectivity index (χ1v) is 9.52. The predicted octanol–water partition coefficient (Wildman–Crippen LogP) is 3.85. The van der Waals surface area contributed by atoms with Gasteiger partial charge in [-0.05, 0) is 48.0 Å². The van der Waals surface area contributed by atoms with Gasteiger partial charge in [-0.15, -0.1) is 0 Å². The Morgan fingerprint density at radius 3 is 2.85 bits per heavy atom. The van der Waals surface area contributed by atoms with Crippen LogP contribution in [0.25, 0.3) is 0 Å². The van der Waals surface area contributed by atoms with Crippen molar-refractivity contribution in [3.63, 3.8) is 0 Å². The fraction of sp³-hybridized carbons (Fsp3) is 0.667. The van der Waals surface area contributed by atoms with E-state index in [1.54, 1.807) is 13.0 Å². The van der Waals surface area contributed by atoms with Crippen molar-refractivity contribution in [1.29, 1.82) is 0 Å². The highest BCUT2D eigenvalue weighted by Gasteiger charge is 2.68. The maximum atomic E-state index is 14.9. The molecule has 2 aliphatic carbocycles. The summed E-state index contributed by atoms with van der Waals surface area (Å²) in [7, 11) is 1.48. The number of ether oxygens (including phenoxy) is 2.